The fraction of sp³-hybridized carbons (Fsp3) is 0.846. The Hall–Kier alpha value is -1.20. The van der Waals surface area contributed by atoms with E-state index >= 15 is 0 Å². The second-order valence-corrected chi connectivity index (χ2v) is 5.42. The fourth-order valence-electron chi connectivity index (χ4n) is 1.30. The van der Waals surface area contributed by atoms with Gasteiger partial charge in [-0.25, -0.2) is 4.79 Å². The van der Waals surface area contributed by atoms with Crippen LogP contribution in [0.4, 0.5) is 8.78 Å². The lowest BCUT2D eigenvalue weighted by Crippen LogP contribution is -2.49. The van der Waals surface area contributed by atoms with Crippen LogP contribution in [0.15, 0.2) is 0 Å². The highest BCUT2D eigenvalue weighted by atomic mass is 19.3. The third-order valence-corrected chi connectivity index (χ3v) is 3.09. The molecule has 4 nitrogen and oxygen atoms in total. The molecule has 0 aromatic heterocycles. The third-order valence-electron chi connectivity index (χ3n) is 3.09. The van der Waals surface area contributed by atoms with Crippen LogP contribution in [0.2, 0.25) is 0 Å². The van der Waals surface area contributed by atoms with Crippen molar-refractivity contribution in [2.24, 2.45) is 11.3 Å². The van der Waals surface area contributed by atoms with E-state index in [0.717, 1.165) is 7.11 Å². The van der Waals surface area contributed by atoms with Crippen LogP contribution in [0, 0.1) is 11.3 Å². The third kappa shape index (κ3) is 4.14. The summed E-state index contributed by atoms with van der Waals surface area (Å²) in [5.41, 5.74) is -0.876. The number of rotatable bonds is 6. The van der Waals surface area contributed by atoms with E-state index in [4.69, 9.17) is 4.74 Å². The van der Waals surface area contributed by atoms with Gasteiger partial charge in [-0.15, -0.1) is 0 Å². The first-order valence-corrected chi connectivity index (χ1v) is 6.18. The molecular formula is C13H22F2O4. The number of esters is 2. The zero-order valence-corrected chi connectivity index (χ0v) is 12.3. The van der Waals surface area contributed by atoms with Gasteiger partial charge in [0, 0.05) is 0 Å². The lowest BCUT2D eigenvalue weighted by molar-refractivity contribution is -0.205. The van der Waals surface area contributed by atoms with E-state index in [0.29, 0.717) is 6.42 Å². The molecule has 0 amide bonds. The number of hydrogen-bond acceptors (Lipinski definition) is 4. The topological polar surface area (TPSA) is 52.6 Å². The molecule has 0 radical (unpaired) electrons. The average Bonchev–Trinajstić information content (AvgIpc) is 2.33. The molecule has 6 heteroatoms. The van der Waals surface area contributed by atoms with Crippen molar-refractivity contribution >= 4 is 11.9 Å². The molecule has 0 aliphatic rings. The Balaban J connectivity index is 5.16. The van der Waals surface area contributed by atoms with Gasteiger partial charge in [0.25, 0.3) is 0 Å². The molecule has 1 unspecified atom stereocenters. The number of halogens is 2. The number of carbonyl (C=O) groups is 2. The second kappa shape index (κ2) is 6.30. The zero-order valence-electron chi connectivity index (χ0n) is 12.3. The number of hydrogen-bond donors (Lipinski definition) is 0. The molecule has 0 bridgehead atoms. The lowest BCUT2D eigenvalue weighted by atomic mass is 9.90. The molecule has 0 saturated heterocycles. The minimum Gasteiger partial charge on any atom is -0.464 e. The van der Waals surface area contributed by atoms with Gasteiger partial charge in [0.2, 0.25) is 0 Å². The molecule has 1 atom stereocenters. The van der Waals surface area contributed by atoms with Gasteiger partial charge in [-0.1, -0.05) is 20.8 Å². The van der Waals surface area contributed by atoms with Crippen LogP contribution >= 0.6 is 0 Å². The van der Waals surface area contributed by atoms with Crippen LogP contribution in [-0.2, 0) is 19.1 Å². The van der Waals surface area contributed by atoms with Gasteiger partial charge in [-0.2, -0.15) is 8.78 Å². The molecule has 0 aliphatic heterocycles. The smallest absolute Gasteiger partial charge is 0.380 e. The summed E-state index contributed by atoms with van der Waals surface area (Å²) >= 11 is 0. The van der Waals surface area contributed by atoms with Gasteiger partial charge in [-0.3, -0.25) is 4.79 Å². The van der Waals surface area contributed by atoms with Crippen molar-refractivity contribution in [1.82, 2.24) is 0 Å². The molecule has 0 aliphatic carbocycles. The van der Waals surface area contributed by atoms with Crippen LogP contribution in [0.3, 0.4) is 0 Å². The molecule has 0 heterocycles. The van der Waals surface area contributed by atoms with E-state index in [9.17, 15) is 18.4 Å². The quantitative estimate of drug-likeness (QED) is 0.702. The predicted octanol–water partition coefficient (Wildman–Crippen LogP) is 2.80. The Labute approximate surface area is 112 Å². The van der Waals surface area contributed by atoms with Crippen LogP contribution in [0.25, 0.3) is 0 Å². The largest absolute Gasteiger partial charge is 0.464 e. The first-order chi connectivity index (χ1) is 8.50. The molecule has 19 heavy (non-hydrogen) atoms. The fourth-order valence-corrected chi connectivity index (χ4v) is 1.30. The zero-order chi connectivity index (χ0) is 15.4. The van der Waals surface area contributed by atoms with Crippen molar-refractivity contribution in [3.05, 3.63) is 0 Å². The minimum absolute atomic E-state index is 0.445. The van der Waals surface area contributed by atoms with Gasteiger partial charge in [-0.05, 0) is 26.2 Å². The van der Waals surface area contributed by atoms with E-state index in [1.807, 2.05) is 0 Å². The summed E-state index contributed by atoms with van der Waals surface area (Å²) in [6.07, 6.45) is -1.39. The summed E-state index contributed by atoms with van der Waals surface area (Å²) in [4.78, 5) is 23.0. The monoisotopic (exact) mass is 280 g/mol. The van der Waals surface area contributed by atoms with Crippen LogP contribution in [0.5, 0.6) is 0 Å². The molecule has 0 rings (SSSR count). The van der Waals surface area contributed by atoms with Crippen molar-refractivity contribution in [1.29, 1.82) is 0 Å². The second-order valence-electron chi connectivity index (χ2n) is 5.42. The summed E-state index contributed by atoms with van der Waals surface area (Å²) in [6, 6.07) is 0. The SMILES string of the molecule is CCC(C)(C)C(=O)OC(C(C)C)C(F)(F)C(=O)OC. The van der Waals surface area contributed by atoms with Gasteiger partial charge < -0.3 is 9.47 Å². The van der Waals surface area contributed by atoms with Crippen molar-refractivity contribution in [2.45, 2.75) is 53.1 Å². The Morgan fingerprint density at radius 1 is 1.16 bits per heavy atom. The molecule has 0 saturated carbocycles. The Morgan fingerprint density at radius 2 is 1.63 bits per heavy atom. The minimum atomic E-state index is -3.86. The molecule has 0 spiro atoms. The lowest BCUT2D eigenvalue weighted by Gasteiger charge is -2.31. The summed E-state index contributed by atoms with van der Waals surface area (Å²) in [6.45, 7) is 7.86. The van der Waals surface area contributed by atoms with E-state index in [1.165, 1.54) is 13.8 Å². The molecule has 112 valence electrons. The first-order valence-electron chi connectivity index (χ1n) is 6.18. The number of methoxy groups -OCH3 is 1. The van der Waals surface area contributed by atoms with E-state index < -0.39 is 35.3 Å². The Bertz CT molecular complexity index is 338. The maximum Gasteiger partial charge on any atom is 0.380 e. The van der Waals surface area contributed by atoms with Crippen molar-refractivity contribution in [3.63, 3.8) is 0 Å². The highest BCUT2D eigenvalue weighted by Gasteiger charge is 2.53. The standard InChI is InChI=1S/C13H22F2O4/c1-7-12(4,5)10(16)19-9(8(2)3)13(14,15)11(17)18-6/h8-9H,7H2,1-6H3. The molecule has 0 N–H and O–H groups in total. The van der Waals surface area contributed by atoms with Crippen LogP contribution < -0.4 is 0 Å². The maximum absolute atomic E-state index is 13.8. The normalized spacial score (nSPS) is 14.2. The predicted molar refractivity (Wildman–Crippen MR) is 65.8 cm³/mol. The average molecular weight is 280 g/mol. The first kappa shape index (κ1) is 17.8. The van der Waals surface area contributed by atoms with E-state index in [2.05, 4.69) is 4.74 Å². The summed E-state index contributed by atoms with van der Waals surface area (Å²) in [5.74, 6) is -7.03. The van der Waals surface area contributed by atoms with Gasteiger partial charge in [0.05, 0.1) is 12.5 Å². The van der Waals surface area contributed by atoms with Crippen molar-refractivity contribution < 1.29 is 27.8 Å². The van der Waals surface area contributed by atoms with Crippen molar-refractivity contribution in [2.75, 3.05) is 7.11 Å². The Morgan fingerprint density at radius 3 is 1.95 bits per heavy atom. The number of carbonyl (C=O) groups excluding carboxylic acids is 2. The molecule has 0 fully saturated rings. The summed E-state index contributed by atoms with van der Waals surface area (Å²) in [7, 11) is 0.866. The van der Waals surface area contributed by atoms with Crippen LogP contribution in [0.1, 0.15) is 41.0 Å². The number of alkyl halides is 2. The van der Waals surface area contributed by atoms with E-state index in [1.54, 1.807) is 20.8 Å². The van der Waals surface area contributed by atoms with Crippen molar-refractivity contribution in [3.8, 4) is 0 Å². The summed E-state index contributed by atoms with van der Waals surface area (Å²) < 4.78 is 36.6. The van der Waals surface area contributed by atoms with E-state index in [-0.39, 0.29) is 0 Å². The highest BCUT2D eigenvalue weighted by molar-refractivity contribution is 5.80. The molecular weight excluding hydrogens is 258 g/mol. The maximum atomic E-state index is 13.8. The van der Waals surface area contributed by atoms with Crippen LogP contribution in [-0.4, -0.2) is 31.1 Å². The van der Waals surface area contributed by atoms with Gasteiger partial charge >= 0.3 is 17.9 Å². The molecule has 0 aromatic rings. The number of ether oxygens (including phenoxy) is 2. The Kier molecular flexibility index (Phi) is 5.90. The highest BCUT2D eigenvalue weighted by Crippen LogP contribution is 2.31. The van der Waals surface area contributed by atoms with Gasteiger partial charge in [0.15, 0.2) is 6.10 Å². The summed E-state index contributed by atoms with van der Waals surface area (Å²) in [5, 5.41) is 0. The molecule has 0 aromatic carbocycles. The van der Waals surface area contributed by atoms with Gasteiger partial charge in [0.1, 0.15) is 0 Å².